The lowest BCUT2D eigenvalue weighted by atomic mass is 9.91. The maximum Gasteiger partial charge on any atom is 0.125 e. The summed E-state index contributed by atoms with van der Waals surface area (Å²) in [6, 6.07) is 6.62. The molecule has 1 aromatic rings. The molecule has 0 aromatic heterocycles. The van der Waals surface area contributed by atoms with Crippen molar-refractivity contribution in [2.24, 2.45) is 10.7 Å². The van der Waals surface area contributed by atoms with E-state index in [1.807, 2.05) is 0 Å². The van der Waals surface area contributed by atoms with Crippen LogP contribution in [-0.4, -0.2) is 12.9 Å². The van der Waals surface area contributed by atoms with Gasteiger partial charge in [-0.15, -0.1) is 0 Å². The number of benzene rings is 1. The molecule has 0 radical (unpaired) electrons. The molecule has 1 aromatic carbocycles. The molecule has 2 heteroatoms. The van der Waals surface area contributed by atoms with Crippen LogP contribution >= 0.6 is 0 Å². The highest BCUT2D eigenvalue weighted by molar-refractivity contribution is 5.97. The first-order valence-corrected chi connectivity index (χ1v) is 6.37. The van der Waals surface area contributed by atoms with Crippen LogP contribution in [0.1, 0.15) is 62.6 Å². The molecule has 0 fully saturated rings. The molecule has 94 valence electrons. The van der Waals surface area contributed by atoms with Crippen LogP contribution in [0.2, 0.25) is 0 Å². The monoisotopic (exact) mass is 232 g/mol. The summed E-state index contributed by atoms with van der Waals surface area (Å²) in [7, 11) is 1.74. The summed E-state index contributed by atoms with van der Waals surface area (Å²) in [4.78, 5) is 4.08. The molecular formula is C15H24N2. The minimum Gasteiger partial charge on any atom is -0.384 e. The predicted octanol–water partition coefficient (Wildman–Crippen LogP) is 3.66. The highest BCUT2D eigenvalue weighted by Crippen LogP contribution is 2.25. The molecule has 0 heterocycles. The minimum atomic E-state index is 0.516. The van der Waals surface area contributed by atoms with E-state index in [-0.39, 0.29) is 0 Å². The first kappa shape index (κ1) is 13.8. The van der Waals surface area contributed by atoms with Crippen molar-refractivity contribution >= 4 is 5.84 Å². The number of nitrogens with zero attached hydrogens (tertiary/aromatic N) is 1. The molecule has 0 saturated heterocycles. The average Bonchev–Trinajstić information content (AvgIpc) is 2.36. The quantitative estimate of drug-likeness (QED) is 0.624. The molecule has 0 aliphatic carbocycles. The fourth-order valence-corrected chi connectivity index (χ4v) is 1.81. The van der Waals surface area contributed by atoms with Crippen molar-refractivity contribution in [1.82, 2.24) is 0 Å². The third kappa shape index (κ3) is 3.32. The van der Waals surface area contributed by atoms with Gasteiger partial charge in [0.25, 0.3) is 0 Å². The summed E-state index contributed by atoms with van der Waals surface area (Å²) in [6.45, 7) is 8.88. The number of amidine groups is 1. The molecule has 2 nitrogen and oxygen atoms in total. The smallest absolute Gasteiger partial charge is 0.125 e. The predicted molar refractivity (Wildman–Crippen MR) is 75.9 cm³/mol. The summed E-state index contributed by atoms with van der Waals surface area (Å²) >= 11 is 0. The van der Waals surface area contributed by atoms with Crippen molar-refractivity contribution in [1.29, 1.82) is 0 Å². The van der Waals surface area contributed by atoms with Gasteiger partial charge in [-0.3, -0.25) is 4.99 Å². The van der Waals surface area contributed by atoms with Crippen molar-refractivity contribution in [3.05, 3.63) is 34.9 Å². The number of nitrogens with two attached hydrogens (primary N) is 1. The third-order valence-corrected chi connectivity index (χ3v) is 3.36. The maximum absolute atomic E-state index is 5.92. The Hall–Kier alpha value is -1.31. The lowest BCUT2D eigenvalue weighted by Gasteiger charge is -2.15. The zero-order valence-electron chi connectivity index (χ0n) is 11.6. The first-order valence-electron chi connectivity index (χ1n) is 6.37. The Kier molecular flexibility index (Phi) is 4.73. The van der Waals surface area contributed by atoms with Gasteiger partial charge in [0.15, 0.2) is 0 Å². The van der Waals surface area contributed by atoms with Gasteiger partial charge in [0.2, 0.25) is 0 Å². The molecule has 1 rings (SSSR count). The lowest BCUT2D eigenvalue weighted by molar-refractivity contribution is 0.729. The van der Waals surface area contributed by atoms with Gasteiger partial charge in [-0.1, -0.05) is 33.8 Å². The van der Waals surface area contributed by atoms with Crippen LogP contribution in [0.3, 0.4) is 0 Å². The Bertz CT molecular complexity index is 405. The van der Waals surface area contributed by atoms with E-state index in [1.165, 1.54) is 11.1 Å². The van der Waals surface area contributed by atoms with Gasteiger partial charge in [0.1, 0.15) is 5.84 Å². The van der Waals surface area contributed by atoms with E-state index >= 15 is 0 Å². The third-order valence-electron chi connectivity index (χ3n) is 3.36. The van der Waals surface area contributed by atoms with Gasteiger partial charge in [0.05, 0.1) is 0 Å². The van der Waals surface area contributed by atoms with Gasteiger partial charge in [-0.2, -0.15) is 0 Å². The highest BCUT2D eigenvalue weighted by atomic mass is 14.8. The summed E-state index contributed by atoms with van der Waals surface area (Å²) in [6.07, 6.45) is 1.14. The van der Waals surface area contributed by atoms with Crippen LogP contribution in [0.25, 0.3) is 0 Å². The molecular weight excluding hydrogens is 208 g/mol. The van der Waals surface area contributed by atoms with E-state index in [9.17, 15) is 0 Å². The zero-order valence-corrected chi connectivity index (χ0v) is 11.6. The van der Waals surface area contributed by atoms with Crippen LogP contribution in [-0.2, 0) is 0 Å². The Morgan fingerprint density at radius 3 is 2.24 bits per heavy atom. The minimum absolute atomic E-state index is 0.516. The molecule has 17 heavy (non-hydrogen) atoms. The van der Waals surface area contributed by atoms with Gasteiger partial charge >= 0.3 is 0 Å². The molecule has 0 bridgehead atoms. The number of hydrogen-bond acceptors (Lipinski definition) is 1. The fraction of sp³-hybridized carbons (Fsp3) is 0.533. The van der Waals surface area contributed by atoms with Crippen LogP contribution in [0, 0.1) is 0 Å². The second-order valence-electron chi connectivity index (χ2n) is 4.96. The highest BCUT2D eigenvalue weighted by Gasteiger charge is 2.10. The van der Waals surface area contributed by atoms with Gasteiger partial charge in [-0.05, 0) is 41.5 Å². The van der Waals surface area contributed by atoms with E-state index in [0.717, 1.165) is 12.0 Å². The number of aliphatic imine (C=N–C) groups is 1. The lowest BCUT2D eigenvalue weighted by Crippen LogP contribution is -2.14. The van der Waals surface area contributed by atoms with Crippen molar-refractivity contribution in [3.63, 3.8) is 0 Å². The van der Waals surface area contributed by atoms with Crippen LogP contribution in [0.4, 0.5) is 0 Å². The first-order chi connectivity index (χ1) is 7.99. The van der Waals surface area contributed by atoms with Crippen LogP contribution in [0.5, 0.6) is 0 Å². The summed E-state index contributed by atoms with van der Waals surface area (Å²) in [5.41, 5.74) is 9.67. The molecule has 1 unspecified atom stereocenters. The topological polar surface area (TPSA) is 38.4 Å². The van der Waals surface area contributed by atoms with Gasteiger partial charge in [0, 0.05) is 12.6 Å². The average molecular weight is 232 g/mol. The normalized spacial score (nSPS) is 14.1. The Labute approximate surface area is 105 Å². The Balaban J connectivity index is 3.28. The van der Waals surface area contributed by atoms with Crippen molar-refractivity contribution < 1.29 is 0 Å². The molecule has 0 amide bonds. The molecule has 1 atom stereocenters. The van der Waals surface area contributed by atoms with Crippen LogP contribution in [0.15, 0.2) is 23.2 Å². The van der Waals surface area contributed by atoms with Crippen molar-refractivity contribution in [2.75, 3.05) is 7.05 Å². The summed E-state index contributed by atoms with van der Waals surface area (Å²) in [5.74, 6) is 1.71. The van der Waals surface area contributed by atoms with Gasteiger partial charge < -0.3 is 5.73 Å². The van der Waals surface area contributed by atoms with E-state index in [2.05, 4.69) is 50.9 Å². The molecule has 2 N–H and O–H groups in total. The largest absolute Gasteiger partial charge is 0.384 e. The second kappa shape index (κ2) is 5.85. The zero-order chi connectivity index (χ0) is 13.0. The molecule has 0 aliphatic heterocycles. The van der Waals surface area contributed by atoms with E-state index in [1.54, 1.807) is 7.05 Å². The van der Waals surface area contributed by atoms with Gasteiger partial charge in [-0.25, -0.2) is 0 Å². The fourth-order valence-electron chi connectivity index (χ4n) is 1.81. The van der Waals surface area contributed by atoms with Crippen molar-refractivity contribution in [2.45, 2.75) is 46.0 Å². The van der Waals surface area contributed by atoms with Crippen molar-refractivity contribution in [3.8, 4) is 0 Å². The number of hydrogen-bond donors (Lipinski definition) is 1. The Morgan fingerprint density at radius 1 is 1.18 bits per heavy atom. The van der Waals surface area contributed by atoms with Crippen LogP contribution < -0.4 is 5.73 Å². The Morgan fingerprint density at radius 2 is 1.76 bits per heavy atom. The molecule has 0 aliphatic rings. The summed E-state index contributed by atoms with van der Waals surface area (Å²) in [5, 5.41) is 0. The van der Waals surface area contributed by atoms with E-state index in [4.69, 9.17) is 5.73 Å². The summed E-state index contributed by atoms with van der Waals surface area (Å²) < 4.78 is 0. The van der Waals surface area contributed by atoms with E-state index < -0.39 is 0 Å². The number of rotatable bonds is 4. The standard InChI is InChI=1S/C15H24N2/c1-6-11(4)13-7-12(10(2)3)8-14(9-13)15(16)17-5/h7-11H,6H2,1-5H3,(H2,16,17). The molecule has 0 spiro atoms. The second-order valence-corrected chi connectivity index (χ2v) is 4.96. The SMILES string of the molecule is CCC(C)c1cc(C(N)=NC)cc(C(C)C)c1. The van der Waals surface area contributed by atoms with E-state index in [0.29, 0.717) is 17.7 Å². The maximum atomic E-state index is 5.92. The molecule has 0 saturated carbocycles.